The first-order valence-corrected chi connectivity index (χ1v) is 11.4. The van der Waals surface area contributed by atoms with Crippen molar-refractivity contribution >= 4 is 32.9 Å². The number of nitrogens with zero attached hydrogens (tertiary/aromatic N) is 3. The minimum absolute atomic E-state index is 0.0499. The van der Waals surface area contributed by atoms with Gasteiger partial charge >= 0.3 is 0 Å². The minimum atomic E-state index is 0.0499. The molecule has 0 fully saturated rings. The number of thiophene rings is 1. The standard InChI is InChI=1S/C22H21N3O2S2/c1-13-7-8-16-18(9-13)29-21-19(16)22(26)25(12-23-21)10-14-11-28-20(24-14)15-5-3-4-6-17(15)27-2/h3-6,11-13H,7-10H2,1-2H3. The van der Waals surface area contributed by atoms with Crippen LogP contribution in [-0.2, 0) is 19.4 Å². The molecule has 0 bridgehead atoms. The van der Waals surface area contributed by atoms with Crippen molar-refractivity contribution < 1.29 is 4.74 Å². The van der Waals surface area contributed by atoms with E-state index in [0.29, 0.717) is 12.5 Å². The smallest absolute Gasteiger partial charge is 0.262 e. The van der Waals surface area contributed by atoms with Gasteiger partial charge in [0, 0.05) is 10.3 Å². The first kappa shape index (κ1) is 18.5. The molecule has 1 unspecified atom stereocenters. The van der Waals surface area contributed by atoms with Gasteiger partial charge in [0.05, 0.1) is 36.6 Å². The van der Waals surface area contributed by atoms with Crippen molar-refractivity contribution in [2.75, 3.05) is 7.11 Å². The summed E-state index contributed by atoms with van der Waals surface area (Å²) in [5.41, 5.74) is 3.10. The Kier molecular flexibility index (Phi) is 4.72. The maximum Gasteiger partial charge on any atom is 0.262 e. The Morgan fingerprint density at radius 2 is 2.17 bits per heavy atom. The topological polar surface area (TPSA) is 57.0 Å². The number of aromatic nitrogens is 3. The largest absolute Gasteiger partial charge is 0.496 e. The summed E-state index contributed by atoms with van der Waals surface area (Å²) in [7, 11) is 1.66. The molecular formula is C22H21N3O2S2. The highest BCUT2D eigenvalue weighted by Gasteiger charge is 2.23. The van der Waals surface area contributed by atoms with Gasteiger partial charge in [-0.2, -0.15) is 0 Å². The Hall–Kier alpha value is -2.51. The van der Waals surface area contributed by atoms with Gasteiger partial charge in [-0.3, -0.25) is 9.36 Å². The Labute approximate surface area is 176 Å². The quantitative estimate of drug-likeness (QED) is 0.475. The van der Waals surface area contributed by atoms with Crippen molar-refractivity contribution in [1.82, 2.24) is 14.5 Å². The van der Waals surface area contributed by atoms with Crippen LogP contribution in [0.5, 0.6) is 5.75 Å². The zero-order valence-corrected chi connectivity index (χ0v) is 18.0. The summed E-state index contributed by atoms with van der Waals surface area (Å²) in [5, 5.41) is 3.71. The van der Waals surface area contributed by atoms with Gasteiger partial charge in [0.15, 0.2) is 0 Å². The number of hydrogen-bond donors (Lipinski definition) is 0. The molecule has 1 atom stereocenters. The molecule has 0 saturated heterocycles. The molecule has 1 aromatic carbocycles. The average Bonchev–Trinajstić information content (AvgIpc) is 3.34. The molecule has 0 saturated carbocycles. The van der Waals surface area contributed by atoms with Gasteiger partial charge < -0.3 is 4.74 Å². The van der Waals surface area contributed by atoms with Crippen LogP contribution in [-0.4, -0.2) is 21.6 Å². The third kappa shape index (κ3) is 3.28. The van der Waals surface area contributed by atoms with Crippen LogP contribution >= 0.6 is 22.7 Å². The molecule has 7 heteroatoms. The Bertz CT molecular complexity index is 1250. The Morgan fingerprint density at radius 3 is 3.03 bits per heavy atom. The molecule has 3 aromatic heterocycles. The fourth-order valence-corrected chi connectivity index (χ4v) is 6.16. The summed E-state index contributed by atoms with van der Waals surface area (Å²) >= 11 is 3.25. The van der Waals surface area contributed by atoms with Crippen molar-refractivity contribution in [3.8, 4) is 16.3 Å². The van der Waals surface area contributed by atoms with Crippen molar-refractivity contribution in [2.45, 2.75) is 32.7 Å². The molecule has 1 aliphatic carbocycles. The second-order valence-corrected chi connectivity index (χ2v) is 9.50. The van der Waals surface area contributed by atoms with Crippen LogP contribution in [0.1, 0.15) is 29.5 Å². The fraction of sp³-hybridized carbons (Fsp3) is 0.318. The summed E-state index contributed by atoms with van der Waals surface area (Å²) in [4.78, 5) is 24.8. The zero-order chi connectivity index (χ0) is 20.0. The summed E-state index contributed by atoms with van der Waals surface area (Å²) in [5.74, 6) is 1.48. The molecule has 1 aliphatic rings. The zero-order valence-electron chi connectivity index (χ0n) is 16.3. The van der Waals surface area contributed by atoms with Gasteiger partial charge in [-0.05, 0) is 42.9 Å². The number of benzene rings is 1. The van der Waals surface area contributed by atoms with Crippen LogP contribution in [0.25, 0.3) is 20.8 Å². The summed E-state index contributed by atoms with van der Waals surface area (Å²) in [6, 6.07) is 7.85. The Balaban J connectivity index is 1.49. The lowest BCUT2D eigenvalue weighted by Gasteiger charge is -2.17. The first-order chi connectivity index (χ1) is 14.1. The lowest BCUT2D eigenvalue weighted by Crippen LogP contribution is -2.22. The highest BCUT2D eigenvalue weighted by atomic mass is 32.1. The predicted molar refractivity (Wildman–Crippen MR) is 118 cm³/mol. The third-order valence-electron chi connectivity index (χ3n) is 5.50. The second-order valence-electron chi connectivity index (χ2n) is 7.55. The van der Waals surface area contributed by atoms with Crippen molar-refractivity contribution in [1.29, 1.82) is 0 Å². The maximum atomic E-state index is 13.2. The van der Waals surface area contributed by atoms with E-state index in [1.807, 2.05) is 29.6 Å². The van der Waals surface area contributed by atoms with E-state index in [1.165, 1.54) is 10.4 Å². The third-order valence-corrected chi connectivity index (χ3v) is 7.59. The van der Waals surface area contributed by atoms with Gasteiger partial charge in [-0.25, -0.2) is 9.97 Å². The number of rotatable bonds is 4. The molecule has 0 spiro atoms. The van der Waals surface area contributed by atoms with E-state index in [2.05, 4.69) is 11.9 Å². The van der Waals surface area contributed by atoms with Gasteiger partial charge in [0.2, 0.25) is 0 Å². The number of methoxy groups -OCH3 is 1. The molecule has 29 heavy (non-hydrogen) atoms. The van der Waals surface area contributed by atoms with E-state index in [1.54, 1.807) is 40.7 Å². The molecule has 4 aromatic rings. The molecular weight excluding hydrogens is 402 g/mol. The van der Waals surface area contributed by atoms with Gasteiger partial charge in [0.1, 0.15) is 15.6 Å². The van der Waals surface area contributed by atoms with Gasteiger partial charge in [-0.15, -0.1) is 22.7 Å². The lowest BCUT2D eigenvalue weighted by molar-refractivity contribution is 0.416. The second kappa shape index (κ2) is 7.39. The monoisotopic (exact) mass is 423 g/mol. The van der Waals surface area contributed by atoms with Crippen molar-refractivity contribution in [3.63, 3.8) is 0 Å². The predicted octanol–water partition coefficient (Wildman–Crippen LogP) is 4.76. The molecule has 0 radical (unpaired) electrons. The molecule has 3 heterocycles. The number of ether oxygens (including phenoxy) is 1. The number of hydrogen-bond acceptors (Lipinski definition) is 6. The van der Waals surface area contributed by atoms with Crippen LogP contribution in [0.2, 0.25) is 0 Å². The fourth-order valence-electron chi connectivity index (χ4n) is 3.98. The number of fused-ring (bicyclic) bond motifs is 3. The SMILES string of the molecule is COc1ccccc1-c1nc(Cn2cnc3sc4c(c3c2=O)CCC(C)C4)cs1. The highest BCUT2D eigenvalue weighted by Crippen LogP contribution is 2.36. The van der Waals surface area contributed by atoms with Gasteiger partial charge in [-0.1, -0.05) is 19.1 Å². The van der Waals surface area contributed by atoms with E-state index in [9.17, 15) is 4.79 Å². The molecule has 0 amide bonds. The molecule has 148 valence electrons. The molecule has 0 N–H and O–H groups in total. The maximum absolute atomic E-state index is 13.2. The molecule has 0 aliphatic heterocycles. The van der Waals surface area contributed by atoms with E-state index in [-0.39, 0.29) is 5.56 Å². The lowest BCUT2D eigenvalue weighted by atomic mass is 9.89. The number of para-hydroxylation sites is 1. The molecule has 5 nitrogen and oxygen atoms in total. The van der Waals surface area contributed by atoms with Crippen LogP contribution in [0, 0.1) is 5.92 Å². The summed E-state index contributed by atoms with van der Waals surface area (Å²) in [6.07, 6.45) is 4.84. The highest BCUT2D eigenvalue weighted by molar-refractivity contribution is 7.18. The number of aryl methyl sites for hydroxylation is 1. The normalized spacial score (nSPS) is 16.1. The van der Waals surface area contributed by atoms with Crippen LogP contribution in [0.15, 0.2) is 40.8 Å². The number of thiazole rings is 1. The van der Waals surface area contributed by atoms with Crippen LogP contribution in [0.4, 0.5) is 0 Å². The van der Waals surface area contributed by atoms with Gasteiger partial charge in [0.25, 0.3) is 5.56 Å². The summed E-state index contributed by atoms with van der Waals surface area (Å²) in [6.45, 7) is 2.70. The average molecular weight is 424 g/mol. The summed E-state index contributed by atoms with van der Waals surface area (Å²) < 4.78 is 7.14. The van der Waals surface area contributed by atoms with Crippen molar-refractivity contribution in [3.05, 3.63) is 62.5 Å². The van der Waals surface area contributed by atoms with Crippen molar-refractivity contribution in [2.24, 2.45) is 5.92 Å². The first-order valence-electron chi connectivity index (χ1n) is 9.71. The van der Waals surface area contributed by atoms with Crippen LogP contribution in [0.3, 0.4) is 0 Å². The minimum Gasteiger partial charge on any atom is -0.496 e. The van der Waals surface area contributed by atoms with E-state index < -0.39 is 0 Å². The van der Waals surface area contributed by atoms with E-state index in [0.717, 1.165) is 51.5 Å². The van der Waals surface area contributed by atoms with Crippen LogP contribution < -0.4 is 10.3 Å². The van der Waals surface area contributed by atoms with E-state index >= 15 is 0 Å². The Morgan fingerprint density at radius 1 is 1.31 bits per heavy atom. The molecule has 5 rings (SSSR count). The van der Waals surface area contributed by atoms with E-state index in [4.69, 9.17) is 9.72 Å².